The largest absolute Gasteiger partial charge is 0.390 e. The number of anilines is 1. The molecule has 0 aromatic heterocycles. The molecular weight excluding hydrogens is 276 g/mol. The number of para-hydroxylation sites is 1. The molecule has 22 heavy (non-hydrogen) atoms. The van der Waals surface area contributed by atoms with Gasteiger partial charge < -0.3 is 15.7 Å². The third-order valence-electron chi connectivity index (χ3n) is 4.21. The summed E-state index contributed by atoms with van der Waals surface area (Å²) >= 11 is 0. The van der Waals surface area contributed by atoms with Crippen LogP contribution in [0.4, 0.5) is 10.5 Å². The molecule has 1 aliphatic rings. The van der Waals surface area contributed by atoms with Crippen molar-refractivity contribution in [3.05, 3.63) is 64.7 Å². The zero-order valence-electron chi connectivity index (χ0n) is 12.8. The molecule has 0 saturated heterocycles. The molecular formula is C18H20N2O2. The molecule has 1 aliphatic carbocycles. The average Bonchev–Trinajstić information content (AvgIpc) is 2.79. The SMILES string of the molecule is Cc1cccc(C)c1NC(=O)N[C@H]1c2ccccc2C[C@H]1O. The van der Waals surface area contributed by atoms with E-state index in [4.69, 9.17) is 0 Å². The van der Waals surface area contributed by atoms with Gasteiger partial charge in [-0.15, -0.1) is 0 Å². The summed E-state index contributed by atoms with van der Waals surface area (Å²) in [5.41, 5.74) is 4.94. The maximum Gasteiger partial charge on any atom is 0.319 e. The second-order valence-corrected chi connectivity index (χ2v) is 5.81. The fraction of sp³-hybridized carbons (Fsp3) is 0.278. The highest BCUT2D eigenvalue weighted by atomic mass is 16.3. The van der Waals surface area contributed by atoms with Gasteiger partial charge in [0.15, 0.2) is 0 Å². The van der Waals surface area contributed by atoms with Gasteiger partial charge in [-0.25, -0.2) is 4.79 Å². The topological polar surface area (TPSA) is 61.4 Å². The Balaban J connectivity index is 1.75. The van der Waals surface area contributed by atoms with Crippen molar-refractivity contribution >= 4 is 11.7 Å². The lowest BCUT2D eigenvalue weighted by atomic mass is 10.1. The highest BCUT2D eigenvalue weighted by Gasteiger charge is 2.31. The summed E-state index contributed by atoms with van der Waals surface area (Å²) in [7, 11) is 0. The van der Waals surface area contributed by atoms with E-state index in [-0.39, 0.29) is 12.1 Å². The monoisotopic (exact) mass is 296 g/mol. The number of aliphatic hydroxyl groups is 1. The average molecular weight is 296 g/mol. The van der Waals surface area contributed by atoms with Crippen molar-refractivity contribution in [2.24, 2.45) is 0 Å². The predicted molar refractivity (Wildman–Crippen MR) is 87.0 cm³/mol. The van der Waals surface area contributed by atoms with Crippen LogP contribution in [0.15, 0.2) is 42.5 Å². The summed E-state index contributed by atoms with van der Waals surface area (Å²) in [6.45, 7) is 3.92. The second kappa shape index (κ2) is 5.81. The number of amides is 2. The zero-order valence-corrected chi connectivity index (χ0v) is 12.8. The lowest BCUT2D eigenvalue weighted by molar-refractivity contribution is 0.144. The predicted octanol–water partition coefficient (Wildman–Crippen LogP) is 3.08. The molecule has 2 atom stereocenters. The van der Waals surface area contributed by atoms with Crippen LogP contribution in [0.5, 0.6) is 0 Å². The fourth-order valence-corrected chi connectivity index (χ4v) is 3.05. The van der Waals surface area contributed by atoms with Crippen LogP contribution in [0.3, 0.4) is 0 Å². The molecule has 0 unspecified atom stereocenters. The molecule has 3 N–H and O–H groups in total. The first-order valence-electron chi connectivity index (χ1n) is 7.46. The van der Waals surface area contributed by atoms with E-state index in [0.717, 1.165) is 27.9 Å². The first-order valence-corrected chi connectivity index (χ1v) is 7.46. The molecule has 0 radical (unpaired) electrons. The minimum absolute atomic E-state index is 0.293. The zero-order chi connectivity index (χ0) is 15.7. The Labute approximate surface area is 130 Å². The molecule has 0 saturated carbocycles. The van der Waals surface area contributed by atoms with Crippen molar-refractivity contribution in [3.8, 4) is 0 Å². The van der Waals surface area contributed by atoms with Crippen LogP contribution in [0.25, 0.3) is 0 Å². The van der Waals surface area contributed by atoms with Gasteiger partial charge in [-0.1, -0.05) is 42.5 Å². The number of fused-ring (bicyclic) bond motifs is 1. The molecule has 0 aliphatic heterocycles. The van der Waals surface area contributed by atoms with Gasteiger partial charge in [0.1, 0.15) is 0 Å². The van der Waals surface area contributed by atoms with Crippen molar-refractivity contribution < 1.29 is 9.90 Å². The molecule has 2 aromatic carbocycles. The van der Waals surface area contributed by atoms with Crippen LogP contribution in [-0.4, -0.2) is 17.2 Å². The van der Waals surface area contributed by atoms with Crippen molar-refractivity contribution in [1.82, 2.24) is 5.32 Å². The maximum atomic E-state index is 12.3. The highest BCUT2D eigenvalue weighted by Crippen LogP contribution is 2.31. The van der Waals surface area contributed by atoms with E-state index in [0.29, 0.717) is 6.42 Å². The minimum atomic E-state index is -0.582. The van der Waals surface area contributed by atoms with Gasteiger partial charge in [0.25, 0.3) is 0 Å². The first-order chi connectivity index (χ1) is 10.6. The van der Waals surface area contributed by atoms with Crippen LogP contribution in [0.1, 0.15) is 28.3 Å². The number of benzene rings is 2. The number of carbonyl (C=O) groups excluding carboxylic acids is 1. The van der Waals surface area contributed by atoms with Crippen molar-refractivity contribution in [1.29, 1.82) is 0 Å². The summed E-state index contributed by atoms with van der Waals surface area (Å²) in [6, 6.07) is 13.0. The van der Waals surface area contributed by atoms with Crippen LogP contribution >= 0.6 is 0 Å². The number of hydrogen-bond donors (Lipinski definition) is 3. The van der Waals surface area contributed by atoms with Gasteiger partial charge >= 0.3 is 6.03 Å². The second-order valence-electron chi connectivity index (χ2n) is 5.81. The van der Waals surface area contributed by atoms with E-state index in [2.05, 4.69) is 10.6 Å². The molecule has 4 heteroatoms. The van der Waals surface area contributed by atoms with E-state index < -0.39 is 6.10 Å². The molecule has 114 valence electrons. The summed E-state index contributed by atoms with van der Waals surface area (Å²) in [6.07, 6.45) is -0.00838. The van der Waals surface area contributed by atoms with E-state index >= 15 is 0 Å². The molecule has 0 fully saturated rings. The maximum absolute atomic E-state index is 12.3. The lowest BCUT2D eigenvalue weighted by Crippen LogP contribution is -2.37. The van der Waals surface area contributed by atoms with Gasteiger partial charge in [0.2, 0.25) is 0 Å². The van der Waals surface area contributed by atoms with E-state index in [1.165, 1.54) is 0 Å². The van der Waals surface area contributed by atoms with Crippen LogP contribution in [0, 0.1) is 13.8 Å². The number of aliphatic hydroxyl groups excluding tert-OH is 1. The van der Waals surface area contributed by atoms with Crippen LogP contribution < -0.4 is 10.6 Å². The van der Waals surface area contributed by atoms with Gasteiger partial charge in [-0.3, -0.25) is 0 Å². The highest BCUT2D eigenvalue weighted by molar-refractivity contribution is 5.91. The molecule has 2 aromatic rings. The number of aryl methyl sites for hydroxylation is 2. The van der Waals surface area contributed by atoms with Crippen molar-refractivity contribution in [3.63, 3.8) is 0 Å². The molecule has 0 heterocycles. The molecule has 2 amide bonds. The fourth-order valence-electron chi connectivity index (χ4n) is 3.05. The molecule has 0 bridgehead atoms. The van der Waals surface area contributed by atoms with Gasteiger partial charge in [-0.05, 0) is 36.1 Å². The van der Waals surface area contributed by atoms with Gasteiger partial charge in [-0.2, -0.15) is 0 Å². The van der Waals surface area contributed by atoms with Crippen LogP contribution in [-0.2, 0) is 6.42 Å². The van der Waals surface area contributed by atoms with Gasteiger partial charge in [0, 0.05) is 12.1 Å². The summed E-state index contributed by atoms with van der Waals surface area (Å²) in [4.78, 5) is 12.3. The number of carbonyl (C=O) groups is 1. The molecule has 3 rings (SSSR count). The standard InChI is InChI=1S/C18H20N2O2/c1-11-6-5-7-12(2)16(11)19-18(22)20-17-14-9-4-3-8-13(14)10-15(17)21/h3-9,15,17,21H,10H2,1-2H3,(H2,19,20,22)/t15-,17+/m1/s1. The lowest BCUT2D eigenvalue weighted by Gasteiger charge is -2.19. The summed E-state index contributed by atoms with van der Waals surface area (Å²) in [5.74, 6) is 0. The Morgan fingerprint density at radius 1 is 1.09 bits per heavy atom. The number of urea groups is 1. The quantitative estimate of drug-likeness (QED) is 0.797. The number of hydrogen-bond acceptors (Lipinski definition) is 2. The Kier molecular flexibility index (Phi) is 3.86. The Morgan fingerprint density at radius 3 is 2.50 bits per heavy atom. The van der Waals surface area contributed by atoms with E-state index in [1.807, 2.05) is 56.3 Å². The Hall–Kier alpha value is -2.33. The first kappa shape index (κ1) is 14.6. The molecule has 0 spiro atoms. The third kappa shape index (κ3) is 2.70. The summed E-state index contributed by atoms with van der Waals surface area (Å²) < 4.78 is 0. The van der Waals surface area contributed by atoms with Gasteiger partial charge in [0.05, 0.1) is 12.1 Å². The van der Waals surface area contributed by atoms with Crippen molar-refractivity contribution in [2.45, 2.75) is 32.4 Å². The Morgan fingerprint density at radius 2 is 1.77 bits per heavy atom. The third-order valence-corrected chi connectivity index (χ3v) is 4.21. The van der Waals surface area contributed by atoms with E-state index in [9.17, 15) is 9.90 Å². The van der Waals surface area contributed by atoms with E-state index in [1.54, 1.807) is 0 Å². The normalized spacial score (nSPS) is 19.6. The minimum Gasteiger partial charge on any atom is -0.390 e. The summed E-state index contributed by atoms with van der Waals surface area (Å²) in [5, 5.41) is 16.0. The van der Waals surface area contributed by atoms with Crippen molar-refractivity contribution in [2.75, 3.05) is 5.32 Å². The molecule has 4 nitrogen and oxygen atoms in total. The van der Waals surface area contributed by atoms with Crippen LogP contribution in [0.2, 0.25) is 0 Å². The number of rotatable bonds is 2. The number of nitrogens with one attached hydrogen (secondary N) is 2. The Bertz CT molecular complexity index is 692. The smallest absolute Gasteiger partial charge is 0.319 e.